The van der Waals surface area contributed by atoms with Crippen LogP contribution in [0, 0.1) is 15.9 Å². The number of para-hydroxylation sites is 1. The molecule has 33 heavy (non-hydrogen) atoms. The van der Waals surface area contributed by atoms with E-state index in [0.29, 0.717) is 11.5 Å². The molecular formula is C22H23FN8O2. The predicted molar refractivity (Wildman–Crippen MR) is 124 cm³/mol. The fourth-order valence-electron chi connectivity index (χ4n) is 3.56. The summed E-state index contributed by atoms with van der Waals surface area (Å²) in [5, 5.41) is 18.0. The van der Waals surface area contributed by atoms with Gasteiger partial charge in [-0.3, -0.25) is 10.1 Å². The first-order valence-corrected chi connectivity index (χ1v) is 10.6. The molecule has 0 aliphatic carbocycles. The van der Waals surface area contributed by atoms with Gasteiger partial charge in [0.1, 0.15) is 5.82 Å². The Morgan fingerprint density at radius 1 is 1.15 bits per heavy atom. The van der Waals surface area contributed by atoms with E-state index in [-0.39, 0.29) is 29.3 Å². The Morgan fingerprint density at radius 2 is 1.97 bits per heavy atom. The minimum absolute atomic E-state index is 0.0307. The fraction of sp³-hybridized carbons (Fsp3) is 0.273. The Balaban J connectivity index is 1.60. The molecular weight excluding hydrogens is 427 g/mol. The van der Waals surface area contributed by atoms with Gasteiger partial charge in [0.05, 0.1) is 16.8 Å². The lowest BCUT2D eigenvalue weighted by atomic mass is 10.0. The van der Waals surface area contributed by atoms with Crippen molar-refractivity contribution in [2.75, 3.05) is 22.2 Å². The molecule has 0 radical (unpaired) electrons. The van der Waals surface area contributed by atoms with Crippen LogP contribution in [0.1, 0.15) is 31.7 Å². The monoisotopic (exact) mass is 450 g/mol. The summed E-state index contributed by atoms with van der Waals surface area (Å²) in [6.07, 6.45) is 4.63. The minimum Gasteiger partial charge on any atom is -0.338 e. The van der Waals surface area contributed by atoms with Gasteiger partial charge >= 0.3 is 0 Å². The van der Waals surface area contributed by atoms with Crippen LogP contribution in [-0.2, 0) is 0 Å². The average Bonchev–Trinajstić information content (AvgIpc) is 2.81. The number of anilines is 4. The Labute approximate surface area is 189 Å². The van der Waals surface area contributed by atoms with Gasteiger partial charge < -0.3 is 10.2 Å². The first kappa shape index (κ1) is 22.1. The van der Waals surface area contributed by atoms with Crippen molar-refractivity contribution in [1.82, 2.24) is 15.0 Å². The molecule has 1 fully saturated rings. The zero-order chi connectivity index (χ0) is 23.2. The number of piperidine rings is 1. The number of nitrogens with one attached hydrogen (secondary N) is 2. The van der Waals surface area contributed by atoms with Gasteiger partial charge in [-0.2, -0.15) is 20.1 Å². The first-order valence-electron chi connectivity index (χ1n) is 10.6. The van der Waals surface area contributed by atoms with Crippen LogP contribution in [-0.4, -0.2) is 38.7 Å². The predicted octanol–water partition coefficient (Wildman–Crippen LogP) is 4.49. The fourth-order valence-corrected chi connectivity index (χ4v) is 3.56. The van der Waals surface area contributed by atoms with Crippen molar-refractivity contribution in [3.05, 3.63) is 70.0 Å². The van der Waals surface area contributed by atoms with Crippen molar-refractivity contribution in [2.45, 2.75) is 32.2 Å². The second-order valence-corrected chi connectivity index (χ2v) is 7.65. The quantitative estimate of drug-likeness (QED) is 0.307. The number of benzene rings is 2. The van der Waals surface area contributed by atoms with Crippen LogP contribution in [0.4, 0.5) is 33.6 Å². The Kier molecular flexibility index (Phi) is 6.67. The number of nitrogens with zero attached hydrogens (tertiary/aromatic N) is 6. The molecule has 2 heterocycles. The maximum Gasteiger partial charge on any atom is 0.270 e. The highest BCUT2D eigenvalue weighted by Gasteiger charge is 2.22. The summed E-state index contributed by atoms with van der Waals surface area (Å²) in [6.45, 7) is 2.92. The second-order valence-electron chi connectivity index (χ2n) is 7.65. The van der Waals surface area contributed by atoms with Gasteiger partial charge in [-0.05, 0) is 38.3 Å². The average molecular weight is 450 g/mol. The Bertz CT molecular complexity index is 1170. The van der Waals surface area contributed by atoms with E-state index >= 15 is 0 Å². The molecule has 1 atom stereocenters. The Morgan fingerprint density at radius 3 is 2.76 bits per heavy atom. The molecule has 10 nitrogen and oxygen atoms in total. The molecule has 2 aromatic carbocycles. The SMILES string of the molecule is CC1CCCCN1c1nc(N/N=C/c2cccc([N+](=O)[O-])c2)nc(Nc2ccccc2F)n1. The van der Waals surface area contributed by atoms with Gasteiger partial charge in [-0.15, -0.1) is 0 Å². The number of rotatable bonds is 7. The van der Waals surface area contributed by atoms with E-state index in [9.17, 15) is 14.5 Å². The lowest BCUT2D eigenvalue weighted by Crippen LogP contribution is -2.38. The minimum atomic E-state index is -0.469. The topological polar surface area (TPSA) is 121 Å². The zero-order valence-electron chi connectivity index (χ0n) is 18.0. The summed E-state index contributed by atoms with van der Waals surface area (Å²) in [7, 11) is 0. The third-order valence-electron chi connectivity index (χ3n) is 5.26. The van der Waals surface area contributed by atoms with Crippen molar-refractivity contribution in [2.24, 2.45) is 5.10 Å². The van der Waals surface area contributed by atoms with Crippen molar-refractivity contribution in [3.8, 4) is 0 Å². The van der Waals surface area contributed by atoms with E-state index < -0.39 is 10.7 Å². The van der Waals surface area contributed by atoms with E-state index in [0.717, 1.165) is 25.8 Å². The number of hydrazone groups is 1. The van der Waals surface area contributed by atoms with Gasteiger partial charge in [0.2, 0.25) is 17.8 Å². The van der Waals surface area contributed by atoms with Crippen molar-refractivity contribution < 1.29 is 9.31 Å². The van der Waals surface area contributed by atoms with Crippen LogP contribution in [0.3, 0.4) is 0 Å². The van der Waals surface area contributed by atoms with Gasteiger partial charge in [0.25, 0.3) is 5.69 Å². The highest BCUT2D eigenvalue weighted by Crippen LogP contribution is 2.25. The number of nitro groups is 1. The lowest BCUT2D eigenvalue weighted by Gasteiger charge is -2.33. The second kappa shape index (κ2) is 9.98. The molecule has 0 amide bonds. The largest absolute Gasteiger partial charge is 0.338 e. The van der Waals surface area contributed by atoms with E-state index in [1.807, 2.05) is 0 Å². The zero-order valence-corrected chi connectivity index (χ0v) is 18.0. The van der Waals surface area contributed by atoms with Crippen molar-refractivity contribution >= 4 is 35.4 Å². The van der Waals surface area contributed by atoms with E-state index in [2.05, 4.69) is 42.6 Å². The number of nitro benzene ring substituents is 1. The van der Waals surface area contributed by atoms with Gasteiger partial charge in [0.15, 0.2) is 0 Å². The van der Waals surface area contributed by atoms with Crippen LogP contribution >= 0.6 is 0 Å². The van der Waals surface area contributed by atoms with E-state index in [1.165, 1.54) is 24.4 Å². The van der Waals surface area contributed by atoms with Crippen LogP contribution in [0.2, 0.25) is 0 Å². The van der Waals surface area contributed by atoms with E-state index in [1.54, 1.807) is 30.3 Å². The summed E-state index contributed by atoms with van der Waals surface area (Å²) >= 11 is 0. The van der Waals surface area contributed by atoms with Crippen molar-refractivity contribution in [3.63, 3.8) is 0 Å². The molecule has 4 rings (SSSR count). The lowest BCUT2D eigenvalue weighted by molar-refractivity contribution is -0.384. The maximum absolute atomic E-state index is 14.1. The summed E-state index contributed by atoms with van der Waals surface area (Å²) in [4.78, 5) is 25.9. The molecule has 11 heteroatoms. The van der Waals surface area contributed by atoms with Gasteiger partial charge in [0, 0.05) is 30.3 Å². The van der Waals surface area contributed by atoms with Crippen LogP contribution in [0.5, 0.6) is 0 Å². The summed E-state index contributed by atoms with van der Waals surface area (Å²) < 4.78 is 14.1. The maximum atomic E-state index is 14.1. The number of aromatic nitrogens is 3. The van der Waals surface area contributed by atoms with Gasteiger partial charge in [-0.25, -0.2) is 9.82 Å². The standard InChI is InChI=1S/C22H23FN8O2/c1-15-7-4-5-12-30(15)22-27-20(25-19-11-3-2-10-18(19)23)26-21(28-22)29-24-14-16-8-6-9-17(13-16)31(32)33/h2-3,6,8-11,13-15H,4-5,7,12H2,1H3,(H2,25,26,27,28,29)/b24-14+. The first-order chi connectivity index (χ1) is 16.0. The van der Waals surface area contributed by atoms with Crippen molar-refractivity contribution in [1.29, 1.82) is 0 Å². The summed E-state index contributed by atoms with van der Waals surface area (Å²) in [5.74, 6) is 0.377. The van der Waals surface area contributed by atoms with Gasteiger partial charge in [-0.1, -0.05) is 24.3 Å². The molecule has 1 unspecified atom stereocenters. The number of halogens is 1. The molecule has 170 valence electrons. The van der Waals surface area contributed by atoms with E-state index in [4.69, 9.17) is 0 Å². The highest BCUT2D eigenvalue weighted by molar-refractivity contribution is 5.81. The molecule has 1 aliphatic heterocycles. The third kappa shape index (κ3) is 5.56. The third-order valence-corrected chi connectivity index (χ3v) is 5.26. The molecule has 0 spiro atoms. The molecule has 3 aromatic rings. The van der Waals surface area contributed by atoms with Crippen LogP contribution in [0.15, 0.2) is 53.6 Å². The molecule has 1 aromatic heterocycles. The number of hydrogen-bond donors (Lipinski definition) is 2. The normalized spacial score (nSPS) is 16.1. The number of non-ortho nitro benzene ring substituents is 1. The summed E-state index contributed by atoms with van der Waals surface area (Å²) in [5.41, 5.74) is 3.51. The van der Waals surface area contributed by atoms with Crippen LogP contribution in [0.25, 0.3) is 0 Å². The molecule has 2 N–H and O–H groups in total. The highest BCUT2D eigenvalue weighted by atomic mass is 19.1. The number of hydrogen-bond acceptors (Lipinski definition) is 9. The van der Waals surface area contributed by atoms with Crippen LogP contribution < -0.4 is 15.6 Å². The smallest absolute Gasteiger partial charge is 0.270 e. The molecule has 0 bridgehead atoms. The molecule has 1 aliphatic rings. The Hall–Kier alpha value is -4.15. The molecule has 1 saturated heterocycles. The summed E-state index contributed by atoms with van der Waals surface area (Å²) in [6, 6.07) is 12.6. The molecule has 0 saturated carbocycles.